The smallest absolute Gasteiger partial charge is 0.280 e. The maximum absolute atomic E-state index is 12.9. The van der Waals surface area contributed by atoms with Gasteiger partial charge in [0.15, 0.2) is 17.2 Å². The number of methoxy groups -OCH3 is 1. The third-order valence-corrected chi connectivity index (χ3v) is 7.05. The number of hydroxylamine groups is 1. The summed E-state index contributed by atoms with van der Waals surface area (Å²) in [6, 6.07) is 22.6. The van der Waals surface area contributed by atoms with Crippen LogP contribution in [0.15, 0.2) is 96.1 Å². The lowest BCUT2D eigenvalue weighted by atomic mass is 10.1. The van der Waals surface area contributed by atoms with E-state index in [9.17, 15) is 14.4 Å². The lowest BCUT2D eigenvalue weighted by Gasteiger charge is -2.14. The van der Waals surface area contributed by atoms with E-state index >= 15 is 0 Å². The van der Waals surface area contributed by atoms with E-state index in [0.29, 0.717) is 47.2 Å². The van der Waals surface area contributed by atoms with Crippen molar-refractivity contribution in [3.8, 4) is 28.7 Å². The molecule has 0 saturated carbocycles. The van der Waals surface area contributed by atoms with Gasteiger partial charge in [-0.05, 0) is 61.4 Å². The summed E-state index contributed by atoms with van der Waals surface area (Å²) in [4.78, 5) is 40.9. The van der Waals surface area contributed by atoms with Crippen LogP contribution in [0.1, 0.15) is 42.6 Å². The molecule has 0 spiro atoms. The van der Waals surface area contributed by atoms with Crippen LogP contribution in [0, 0.1) is 0 Å². The van der Waals surface area contributed by atoms with Crippen molar-refractivity contribution >= 4 is 28.4 Å². The van der Waals surface area contributed by atoms with Crippen LogP contribution < -0.4 is 30.4 Å². The fraction of sp³-hybridized carbons (Fsp3) is 0.206. The van der Waals surface area contributed by atoms with Crippen molar-refractivity contribution in [3.63, 3.8) is 0 Å². The highest BCUT2D eigenvalue weighted by Crippen LogP contribution is 2.37. The number of ether oxygens (including phenoxy) is 3. The third-order valence-electron chi connectivity index (χ3n) is 7.05. The Morgan fingerprint density at radius 2 is 1.67 bits per heavy atom. The number of rotatable bonds is 14. The zero-order chi connectivity index (χ0) is 32.3. The van der Waals surface area contributed by atoms with Gasteiger partial charge in [0.25, 0.3) is 5.91 Å². The average molecular weight is 624 g/mol. The van der Waals surface area contributed by atoms with Gasteiger partial charge >= 0.3 is 0 Å². The molecule has 0 unspecified atom stereocenters. The minimum atomic E-state index is -0.624. The molecular formula is C34H33N5O7. The monoisotopic (exact) mass is 623 g/mol. The summed E-state index contributed by atoms with van der Waals surface area (Å²) in [6.45, 7) is 0.469. The molecule has 5 rings (SSSR count). The van der Waals surface area contributed by atoms with Gasteiger partial charge in [-0.1, -0.05) is 31.0 Å². The second-order valence-corrected chi connectivity index (χ2v) is 10.3. The number of benzene rings is 3. The number of nitrogens with one attached hydrogen (secondary N) is 2. The summed E-state index contributed by atoms with van der Waals surface area (Å²) in [5.41, 5.74) is 2.77. The number of hydrogen-bond donors (Lipinski definition) is 3. The highest BCUT2D eigenvalue weighted by Gasteiger charge is 2.15. The molecule has 0 bridgehead atoms. The zero-order valence-corrected chi connectivity index (χ0v) is 25.1. The maximum Gasteiger partial charge on any atom is 0.280 e. The molecule has 12 heteroatoms. The van der Waals surface area contributed by atoms with Crippen LogP contribution in [0.4, 0.5) is 5.69 Å². The van der Waals surface area contributed by atoms with E-state index in [4.69, 9.17) is 19.4 Å². The summed E-state index contributed by atoms with van der Waals surface area (Å²) in [6.07, 6.45) is 6.66. The minimum absolute atomic E-state index is 0.225. The van der Waals surface area contributed by atoms with Gasteiger partial charge in [0.1, 0.15) is 11.5 Å². The summed E-state index contributed by atoms with van der Waals surface area (Å²) in [5.74, 6) is 1.15. The van der Waals surface area contributed by atoms with Crippen molar-refractivity contribution in [2.24, 2.45) is 0 Å². The van der Waals surface area contributed by atoms with E-state index in [-0.39, 0.29) is 18.0 Å². The zero-order valence-electron chi connectivity index (χ0n) is 25.1. The summed E-state index contributed by atoms with van der Waals surface area (Å²) >= 11 is 0. The molecular weight excluding hydrogens is 590 g/mol. The third kappa shape index (κ3) is 8.04. The number of anilines is 1. The Labute approximate surface area is 264 Å². The second-order valence-electron chi connectivity index (χ2n) is 10.3. The Morgan fingerprint density at radius 3 is 2.43 bits per heavy atom. The van der Waals surface area contributed by atoms with Gasteiger partial charge in [0.05, 0.1) is 24.9 Å². The van der Waals surface area contributed by atoms with Gasteiger partial charge in [0.2, 0.25) is 11.3 Å². The van der Waals surface area contributed by atoms with Gasteiger partial charge in [0, 0.05) is 42.0 Å². The number of amides is 2. The first-order valence-electron chi connectivity index (χ1n) is 14.7. The van der Waals surface area contributed by atoms with E-state index in [1.165, 1.54) is 16.9 Å². The molecule has 2 heterocycles. The molecule has 46 heavy (non-hydrogen) atoms. The molecule has 0 saturated heterocycles. The van der Waals surface area contributed by atoms with Crippen LogP contribution in [0.3, 0.4) is 0 Å². The first-order chi connectivity index (χ1) is 22.4. The number of aromatic nitrogens is 3. The Balaban J connectivity index is 1.22. The molecule has 0 radical (unpaired) electrons. The molecule has 3 N–H and O–H groups in total. The summed E-state index contributed by atoms with van der Waals surface area (Å²) in [5, 5.41) is 16.2. The Bertz CT molecular complexity index is 1860. The summed E-state index contributed by atoms with van der Waals surface area (Å²) < 4.78 is 19.2. The van der Waals surface area contributed by atoms with E-state index in [2.05, 4.69) is 15.4 Å². The number of carbonyl (C=O) groups excluding carboxylic acids is 2. The number of para-hydroxylation sites is 1. The Hall–Kier alpha value is -5.75. The number of carbonyl (C=O) groups is 2. The lowest BCUT2D eigenvalue weighted by Crippen LogP contribution is -2.25. The predicted molar refractivity (Wildman–Crippen MR) is 171 cm³/mol. The number of pyridine rings is 1. The van der Waals surface area contributed by atoms with Crippen LogP contribution in [0.25, 0.3) is 16.6 Å². The number of unbranched alkanes of at least 4 members (excludes halogenated alkanes) is 3. The van der Waals surface area contributed by atoms with Gasteiger partial charge in [-0.25, -0.2) is 10.2 Å². The second kappa shape index (κ2) is 15.3. The Morgan fingerprint density at radius 1 is 0.891 bits per heavy atom. The topological polar surface area (TPSA) is 154 Å². The molecule has 236 valence electrons. The standard InChI is InChI=1S/C34H33N5O7/c1-44-30-21-26-27(22-31(30)45-20-8-3-2-7-11-32(41)38-43)35-18-16-29(26)46-25-14-12-23(13-15-25)36-34(42)33-28(40)17-19-39(37-33)24-9-5-4-6-10-24/h4-6,9-10,12-19,21-22,43H,2-3,7-8,11,20H2,1H3,(H,36,42)(H,38,41). The molecule has 0 aliphatic heterocycles. The van der Waals surface area contributed by atoms with Crippen molar-refractivity contribution in [2.45, 2.75) is 32.1 Å². The highest BCUT2D eigenvalue weighted by molar-refractivity contribution is 6.02. The lowest BCUT2D eigenvalue weighted by molar-refractivity contribution is -0.129. The number of hydrogen-bond acceptors (Lipinski definition) is 9. The van der Waals surface area contributed by atoms with E-state index < -0.39 is 11.3 Å². The quantitative estimate of drug-likeness (QED) is 0.0807. The van der Waals surface area contributed by atoms with Gasteiger partial charge in [-0.3, -0.25) is 24.6 Å². The highest BCUT2D eigenvalue weighted by atomic mass is 16.5. The first-order valence-corrected chi connectivity index (χ1v) is 14.7. The normalized spacial score (nSPS) is 10.7. The Kier molecular flexibility index (Phi) is 10.5. The van der Waals surface area contributed by atoms with Gasteiger partial charge in [-0.2, -0.15) is 5.10 Å². The van der Waals surface area contributed by atoms with Crippen molar-refractivity contribution in [3.05, 3.63) is 107 Å². The molecule has 0 aliphatic rings. The number of fused-ring (bicyclic) bond motifs is 1. The van der Waals surface area contributed by atoms with Crippen LogP contribution in [-0.4, -0.2) is 45.5 Å². The van der Waals surface area contributed by atoms with Crippen LogP contribution >= 0.6 is 0 Å². The summed E-state index contributed by atoms with van der Waals surface area (Å²) in [7, 11) is 1.56. The molecule has 2 aromatic heterocycles. The SMILES string of the molecule is COc1cc2c(Oc3ccc(NC(=O)c4nn(-c5ccccc5)ccc4=O)cc3)ccnc2cc1OCCCCCCC(=O)NO. The molecule has 0 fully saturated rings. The van der Waals surface area contributed by atoms with E-state index in [0.717, 1.165) is 30.3 Å². The molecule has 12 nitrogen and oxygen atoms in total. The molecule has 3 aromatic carbocycles. The first kappa shape index (κ1) is 31.7. The van der Waals surface area contributed by atoms with Crippen LogP contribution in [0.5, 0.6) is 23.0 Å². The molecule has 5 aromatic rings. The van der Waals surface area contributed by atoms with Crippen molar-refractivity contribution < 1.29 is 29.0 Å². The molecule has 0 aliphatic carbocycles. The molecule has 2 amide bonds. The molecule has 0 atom stereocenters. The van der Waals surface area contributed by atoms with Gasteiger partial charge in [-0.15, -0.1) is 0 Å². The fourth-order valence-electron chi connectivity index (χ4n) is 4.68. The van der Waals surface area contributed by atoms with Crippen LogP contribution in [0.2, 0.25) is 0 Å². The van der Waals surface area contributed by atoms with Crippen LogP contribution in [-0.2, 0) is 4.79 Å². The minimum Gasteiger partial charge on any atom is -0.493 e. The number of nitrogens with zero attached hydrogens (tertiary/aromatic N) is 3. The largest absolute Gasteiger partial charge is 0.493 e. The van der Waals surface area contributed by atoms with E-state index in [1.807, 2.05) is 36.4 Å². The van der Waals surface area contributed by atoms with Crippen molar-refractivity contribution in [1.82, 2.24) is 20.2 Å². The van der Waals surface area contributed by atoms with Crippen molar-refractivity contribution in [2.75, 3.05) is 19.0 Å². The predicted octanol–water partition coefficient (Wildman–Crippen LogP) is 5.67. The average Bonchev–Trinajstić information content (AvgIpc) is 3.08. The van der Waals surface area contributed by atoms with Crippen molar-refractivity contribution in [1.29, 1.82) is 0 Å². The fourth-order valence-corrected chi connectivity index (χ4v) is 4.68. The van der Waals surface area contributed by atoms with Gasteiger partial charge < -0.3 is 19.5 Å². The van der Waals surface area contributed by atoms with E-state index in [1.54, 1.807) is 55.2 Å². The maximum atomic E-state index is 12.9.